The minimum atomic E-state index is -3.95. The number of anilines is 2. The SMILES string of the molecule is CCc1ccccc1N(CC(=O)Nc1cccc(Cl)c1C)S(=O)(=O)c1ccccc1. The van der Waals surface area contributed by atoms with Crippen LogP contribution in [-0.4, -0.2) is 20.9 Å². The van der Waals surface area contributed by atoms with Gasteiger partial charge in [0.2, 0.25) is 5.91 Å². The van der Waals surface area contributed by atoms with Crippen LogP contribution in [0.4, 0.5) is 11.4 Å². The Hall–Kier alpha value is -2.83. The number of hydrogen-bond donors (Lipinski definition) is 1. The van der Waals surface area contributed by atoms with E-state index in [-0.39, 0.29) is 11.4 Å². The Morgan fingerprint density at radius 1 is 0.967 bits per heavy atom. The molecule has 0 fully saturated rings. The number of halogens is 1. The molecule has 0 aromatic heterocycles. The second-order valence-corrected chi connectivity index (χ2v) is 9.04. The van der Waals surface area contributed by atoms with E-state index < -0.39 is 15.9 Å². The average molecular weight is 443 g/mol. The minimum Gasteiger partial charge on any atom is -0.324 e. The van der Waals surface area contributed by atoms with Gasteiger partial charge in [-0.3, -0.25) is 9.10 Å². The summed E-state index contributed by atoms with van der Waals surface area (Å²) in [4.78, 5) is 13.0. The molecule has 0 saturated heterocycles. The molecule has 156 valence electrons. The van der Waals surface area contributed by atoms with Gasteiger partial charge < -0.3 is 5.32 Å². The van der Waals surface area contributed by atoms with Crippen LogP contribution in [0.3, 0.4) is 0 Å². The summed E-state index contributed by atoms with van der Waals surface area (Å²) in [6.45, 7) is 3.38. The molecule has 0 radical (unpaired) electrons. The van der Waals surface area contributed by atoms with Crippen molar-refractivity contribution in [3.05, 3.63) is 88.9 Å². The molecule has 3 rings (SSSR count). The second-order valence-electron chi connectivity index (χ2n) is 6.77. The third-order valence-electron chi connectivity index (χ3n) is 4.80. The molecule has 0 spiro atoms. The number of nitrogens with zero attached hydrogens (tertiary/aromatic N) is 1. The lowest BCUT2D eigenvalue weighted by atomic mass is 10.1. The van der Waals surface area contributed by atoms with Gasteiger partial charge >= 0.3 is 0 Å². The fraction of sp³-hybridized carbons (Fsp3) is 0.174. The van der Waals surface area contributed by atoms with Gasteiger partial charge in [-0.2, -0.15) is 0 Å². The van der Waals surface area contributed by atoms with E-state index in [9.17, 15) is 13.2 Å². The lowest BCUT2D eigenvalue weighted by Crippen LogP contribution is -2.38. The molecule has 0 aliphatic carbocycles. The highest BCUT2D eigenvalue weighted by atomic mass is 35.5. The van der Waals surface area contributed by atoms with Crippen molar-refractivity contribution in [2.75, 3.05) is 16.2 Å². The van der Waals surface area contributed by atoms with Crippen LogP contribution in [0.25, 0.3) is 0 Å². The Bertz CT molecular complexity index is 1150. The van der Waals surface area contributed by atoms with E-state index in [2.05, 4.69) is 5.32 Å². The smallest absolute Gasteiger partial charge is 0.264 e. The lowest BCUT2D eigenvalue weighted by molar-refractivity contribution is -0.114. The highest BCUT2D eigenvalue weighted by molar-refractivity contribution is 7.92. The van der Waals surface area contributed by atoms with Gasteiger partial charge in [0.1, 0.15) is 6.54 Å². The first-order valence-corrected chi connectivity index (χ1v) is 11.4. The molecule has 0 saturated carbocycles. The number of carbonyl (C=O) groups is 1. The van der Waals surface area contributed by atoms with Crippen LogP contribution in [0.1, 0.15) is 18.1 Å². The van der Waals surface area contributed by atoms with Crippen LogP contribution >= 0.6 is 11.6 Å². The molecule has 5 nitrogen and oxygen atoms in total. The van der Waals surface area contributed by atoms with E-state index in [1.165, 1.54) is 12.1 Å². The van der Waals surface area contributed by atoms with E-state index in [0.717, 1.165) is 15.4 Å². The summed E-state index contributed by atoms with van der Waals surface area (Å²) in [7, 11) is -3.95. The van der Waals surface area contributed by atoms with Gasteiger partial charge in [-0.1, -0.05) is 61.0 Å². The fourth-order valence-electron chi connectivity index (χ4n) is 3.14. The Morgan fingerprint density at radius 3 is 2.33 bits per heavy atom. The Balaban J connectivity index is 2.00. The number of amides is 1. The summed E-state index contributed by atoms with van der Waals surface area (Å²) < 4.78 is 28.0. The molecule has 7 heteroatoms. The van der Waals surface area contributed by atoms with Crippen LogP contribution in [0.15, 0.2) is 77.7 Å². The highest BCUT2D eigenvalue weighted by Gasteiger charge is 2.28. The summed E-state index contributed by atoms with van der Waals surface area (Å²) in [5, 5.41) is 3.31. The van der Waals surface area contributed by atoms with Gasteiger partial charge in [0, 0.05) is 10.7 Å². The Morgan fingerprint density at radius 2 is 1.63 bits per heavy atom. The first kappa shape index (κ1) is 21.9. The van der Waals surface area contributed by atoms with Crippen molar-refractivity contribution in [2.45, 2.75) is 25.2 Å². The van der Waals surface area contributed by atoms with Crippen LogP contribution < -0.4 is 9.62 Å². The van der Waals surface area contributed by atoms with Crippen molar-refractivity contribution in [1.29, 1.82) is 0 Å². The van der Waals surface area contributed by atoms with E-state index in [0.29, 0.717) is 22.8 Å². The van der Waals surface area contributed by atoms with Crippen LogP contribution in [-0.2, 0) is 21.2 Å². The summed E-state index contributed by atoms with van der Waals surface area (Å²) >= 11 is 6.13. The maximum atomic E-state index is 13.4. The number of nitrogens with one attached hydrogen (secondary N) is 1. The largest absolute Gasteiger partial charge is 0.324 e. The van der Waals surface area contributed by atoms with E-state index in [4.69, 9.17) is 11.6 Å². The third kappa shape index (κ3) is 4.66. The number of aryl methyl sites for hydroxylation is 1. The normalized spacial score (nSPS) is 11.2. The second kappa shape index (κ2) is 9.32. The zero-order valence-corrected chi connectivity index (χ0v) is 18.4. The lowest BCUT2D eigenvalue weighted by Gasteiger charge is -2.26. The Labute approximate surface area is 182 Å². The molecule has 0 aliphatic heterocycles. The highest BCUT2D eigenvalue weighted by Crippen LogP contribution is 2.28. The first-order chi connectivity index (χ1) is 14.3. The van der Waals surface area contributed by atoms with E-state index in [1.807, 2.05) is 19.1 Å². The molecule has 1 amide bonds. The van der Waals surface area contributed by atoms with Gasteiger partial charge in [0.25, 0.3) is 10.0 Å². The van der Waals surface area contributed by atoms with Gasteiger partial charge in [0.15, 0.2) is 0 Å². The maximum Gasteiger partial charge on any atom is 0.264 e. The van der Waals surface area contributed by atoms with Crippen molar-refractivity contribution in [2.24, 2.45) is 0 Å². The molecule has 0 unspecified atom stereocenters. The molecule has 0 aliphatic rings. The quantitative estimate of drug-likeness (QED) is 0.557. The van der Waals surface area contributed by atoms with Gasteiger partial charge in [-0.05, 0) is 54.8 Å². The zero-order chi connectivity index (χ0) is 21.7. The number of sulfonamides is 1. The number of para-hydroxylation sites is 1. The van der Waals surface area contributed by atoms with Crippen molar-refractivity contribution in [3.8, 4) is 0 Å². The molecule has 0 atom stereocenters. The molecule has 0 heterocycles. The maximum absolute atomic E-state index is 13.4. The first-order valence-electron chi connectivity index (χ1n) is 9.55. The number of carbonyl (C=O) groups excluding carboxylic acids is 1. The Kier molecular flexibility index (Phi) is 6.80. The van der Waals surface area contributed by atoms with Crippen molar-refractivity contribution in [3.63, 3.8) is 0 Å². The topological polar surface area (TPSA) is 66.5 Å². The number of rotatable bonds is 7. The molecule has 0 bridgehead atoms. The van der Waals surface area contributed by atoms with Crippen molar-refractivity contribution >= 4 is 38.9 Å². The van der Waals surface area contributed by atoms with Crippen LogP contribution in [0.5, 0.6) is 0 Å². The average Bonchev–Trinajstić information content (AvgIpc) is 2.76. The molecule has 1 N–H and O–H groups in total. The predicted molar refractivity (Wildman–Crippen MR) is 122 cm³/mol. The molecular weight excluding hydrogens is 420 g/mol. The standard InChI is InChI=1S/C23H23ClN2O3S/c1-3-18-10-7-8-15-22(18)26(30(28,29)19-11-5-4-6-12-19)16-23(27)25-21-14-9-13-20(24)17(21)2/h4-15H,3,16H2,1-2H3,(H,25,27). The zero-order valence-electron chi connectivity index (χ0n) is 16.8. The molecule has 3 aromatic rings. The summed E-state index contributed by atoms with van der Waals surface area (Å²) in [6.07, 6.45) is 0.631. The van der Waals surface area contributed by atoms with Gasteiger partial charge in [0.05, 0.1) is 10.6 Å². The summed E-state index contributed by atoms with van der Waals surface area (Å²) in [6, 6.07) is 20.5. The fourth-order valence-corrected chi connectivity index (χ4v) is 4.79. The van der Waals surface area contributed by atoms with Crippen molar-refractivity contribution < 1.29 is 13.2 Å². The monoisotopic (exact) mass is 442 g/mol. The van der Waals surface area contributed by atoms with Crippen LogP contribution in [0, 0.1) is 6.92 Å². The van der Waals surface area contributed by atoms with E-state index >= 15 is 0 Å². The van der Waals surface area contributed by atoms with Gasteiger partial charge in [-0.25, -0.2) is 8.42 Å². The molecule has 30 heavy (non-hydrogen) atoms. The number of benzene rings is 3. The van der Waals surface area contributed by atoms with E-state index in [1.54, 1.807) is 55.5 Å². The number of hydrogen-bond acceptors (Lipinski definition) is 3. The molecular formula is C23H23ClN2O3S. The van der Waals surface area contributed by atoms with Gasteiger partial charge in [-0.15, -0.1) is 0 Å². The third-order valence-corrected chi connectivity index (χ3v) is 6.98. The molecule has 3 aromatic carbocycles. The minimum absolute atomic E-state index is 0.127. The predicted octanol–water partition coefficient (Wildman–Crippen LogP) is 5.04. The van der Waals surface area contributed by atoms with Crippen molar-refractivity contribution in [1.82, 2.24) is 0 Å². The summed E-state index contributed by atoms with van der Waals surface area (Å²) in [5.41, 5.74) is 2.60. The summed E-state index contributed by atoms with van der Waals surface area (Å²) in [5.74, 6) is -0.453. The van der Waals surface area contributed by atoms with Crippen LogP contribution in [0.2, 0.25) is 5.02 Å².